The molecular formula is C4H9NS3. The third-order valence-electron chi connectivity index (χ3n) is 1.00. The molecule has 1 nitrogen and oxygen atoms in total. The van der Waals surface area contributed by atoms with E-state index in [1.54, 1.807) is 0 Å². The zero-order valence-electron chi connectivity index (χ0n) is 4.54. The molecule has 0 amide bonds. The normalized spacial score (nSPS) is 30.9. The van der Waals surface area contributed by atoms with Crippen LogP contribution in [0.25, 0.3) is 0 Å². The summed E-state index contributed by atoms with van der Waals surface area (Å²) < 4.78 is 3.95. The summed E-state index contributed by atoms with van der Waals surface area (Å²) in [6, 6.07) is 0. The molecule has 1 heterocycles. The fourth-order valence-electron chi connectivity index (χ4n) is 0.606. The van der Waals surface area contributed by atoms with Crippen molar-refractivity contribution >= 4 is 35.3 Å². The van der Waals surface area contributed by atoms with Crippen LogP contribution in [-0.4, -0.2) is 16.6 Å². The van der Waals surface area contributed by atoms with E-state index in [0.717, 1.165) is 0 Å². The van der Waals surface area contributed by atoms with Crippen molar-refractivity contribution in [3.63, 3.8) is 0 Å². The summed E-state index contributed by atoms with van der Waals surface area (Å²) in [6.07, 6.45) is 1.33. The van der Waals surface area contributed by atoms with Gasteiger partial charge in [-0.15, -0.1) is 11.8 Å². The van der Waals surface area contributed by atoms with Crippen LogP contribution in [0.3, 0.4) is 0 Å². The number of nitrogens with zero attached hydrogens (tertiary/aromatic N) is 1. The first kappa shape index (κ1) is 6.96. The number of hydrogen-bond acceptors (Lipinski definition) is 2. The third kappa shape index (κ3) is 1.99. The van der Waals surface area contributed by atoms with Crippen molar-refractivity contribution in [1.29, 1.82) is 0 Å². The van der Waals surface area contributed by atoms with Crippen LogP contribution in [0.4, 0.5) is 0 Å². The van der Waals surface area contributed by atoms with Crippen LogP contribution in [0, 0.1) is 0 Å². The summed E-state index contributed by atoms with van der Waals surface area (Å²) in [7, 11) is 0.301. The molecule has 1 atom stereocenters. The number of rotatable bonds is 0. The Morgan fingerprint density at radius 1 is 1.62 bits per heavy atom. The van der Waals surface area contributed by atoms with E-state index in [4.69, 9.17) is 0 Å². The van der Waals surface area contributed by atoms with Crippen LogP contribution >= 0.6 is 24.6 Å². The molecule has 0 aromatic carbocycles. The molecule has 0 saturated carbocycles. The molecule has 0 N–H and O–H groups in total. The highest BCUT2D eigenvalue weighted by Crippen LogP contribution is 2.14. The third-order valence-corrected chi connectivity index (χ3v) is 5.02. The van der Waals surface area contributed by atoms with Crippen LogP contribution in [0.2, 0.25) is 0 Å². The van der Waals surface area contributed by atoms with Gasteiger partial charge in [-0.25, -0.2) is 0 Å². The van der Waals surface area contributed by atoms with Crippen LogP contribution in [0.1, 0.15) is 6.42 Å². The van der Waals surface area contributed by atoms with Gasteiger partial charge in [0.2, 0.25) is 0 Å². The Kier molecular flexibility index (Phi) is 3.30. The maximum absolute atomic E-state index is 3.95. The van der Waals surface area contributed by atoms with Gasteiger partial charge in [-0.2, -0.15) is 3.77 Å². The van der Waals surface area contributed by atoms with Crippen LogP contribution in [-0.2, 0) is 10.7 Å². The quantitative estimate of drug-likeness (QED) is 0.542. The Morgan fingerprint density at radius 2 is 2.50 bits per heavy atom. The van der Waals surface area contributed by atoms with Crippen molar-refractivity contribution in [2.24, 2.45) is 3.77 Å². The van der Waals surface area contributed by atoms with Crippen LogP contribution in [0.15, 0.2) is 3.77 Å². The minimum absolute atomic E-state index is 0.301. The molecule has 8 heavy (non-hydrogen) atoms. The second kappa shape index (κ2) is 3.80. The van der Waals surface area contributed by atoms with Crippen molar-refractivity contribution in [3.8, 4) is 0 Å². The highest BCUT2D eigenvalue weighted by Gasteiger charge is 2.03. The summed E-state index contributed by atoms with van der Waals surface area (Å²) in [5.41, 5.74) is 0. The van der Waals surface area contributed by atoms with Crippen molar-refractivity contribution in [3.05, 3.63) is 0 Å². The Balaban J connectivity index is 2.33. The maximum atomic E-state index is 3.95. The molecule has 1 rings (SSSR count). The lowest BCUT2D eigenvalue weighted by Gasteiger charge is -2.11. The lowest BCUT2D eigenvalue weighted by atomic mass is 10.6. The largest absolute Gasteiger partial charge is 0.198 e. The predicted octanol–water partition coefficient (Wildman–Crippen LogP) is 1.73. The van der Waals surface area contributed by atoms with Crippen molar-refractivity contribution in [1.82, 2.24) is 0 Å². The molecule has 1 aliphatic heterocycles. The van der Waals surface area contributed by atoms with Crippen molar-refractivity contribution in [2.45, 2.75) is 6.42 Å². The van der Waals surface area contributed by atoms with Crippen molar-refractivity contribution < 1.29 is 0 Å². The zero-order chi connectivity index (χ0) is 5.82. The molecule has 48 valence electrons. The van der Waals surface area contributed by atoms with Gasteiger partial charge in [0.05, 0.1) is 5.08 Å². The number of thioether (sulfide) groups is 1. The summed E-state index contributed by atoms with van der Waals surface area (Å²) in [4.78, 5) is 0. The van der Waals surface area contributed by atoms with Gasteiger partial charge in [0, 0.05) is 5.75 Å². The van der Waals surface area contributed by atoms with E-state index in [9.17, 15) is 0 Å². The van der Waals surface area contributed by atoms with E-state index in [1.165, 1.54) is 23.0 Å². The van der Waals surface area contributed by atoms with Gasteiger partial charge in [-0.1, -0.05) is 10.7 Å². The maximum Gasteiger partial charge on any atom is 0.0509 e. The number of hydrogen-bond donors (Lipinski definition) is 1. The molecular weight excluding hydrogens is 158 g/mol. The Hall–Kier alpha value is 0.850. The Bertz CT molecular complexity index is 93.5. The fraction of sp³-hybridized carbons (Fsp3) is 1.00. The molecule has 0 aromatic rings. The standard InChI is InChI=1S/C4H9NS3/c6-5-8-3-1-2-7-4-8/h6H,1-4H2. The van der Waals surface area contributed by atoms with Gasteiger partial charge in [0.15, 0.2) is 0 Å². The highest BCUT2D eigenvalue weighted by molar-refractivity contribution is 8.12. The SMILES string of the molecule is S/N=S1\CCCSC1. The first-order valence-electron chi connectivity index (χ1n) is 2.54. The molecule has 1 fully saturated rings. The summed E-state index contributed by atoms with van der Waals surface area (Å²) in [6.45, 7) is 0. The second-order valence-electron chi connectivity index (χ2n) is 1.63. The van der Waals surface area contributed by atoms with Gasteiger partial charge < -0.3 is 0 Å². The van der Waals surface area contributed by atoms with E-state index in [1.807, 2.05) is 11.8 Å². The number of thiol groups is 1. The van der Waals surface area contributed by atoms with E-state index < -0.39 is 0 Å². The van der Waals surface area contributed by atoms with Gasteiger partial charge >= 0.3 is 0 Å². The lowest BCUT2D eigenvalue weighted by molar-refractivity contribution is 1.11. The summed E-state index contributed by atoms with van der Waals surface area (Å²) in [5.74, 6) is 2.60. The molecule has 1 aliphatic rings. The first-order chi connectivity index (χ1) is 3.93. The van der Waals surface area contributed by atoms with Gasteiger partial charge in [-0.3, -0.25) is 0 Å². The molecule has 0 spiro atoms. The van der Waals surface area contributed by atoms with Crippen molar-refractivity contribution in [2.75, 3.05) is 16.6 Å². The van der Waals surface area contributed by atoms with Gasteiger partial charge in [-0.05, 0) is 25.0 Å². The van der Waals surface area contributed by atoms with Crippen LogP contribution < -0.4 is 0 Å². The Morgan fingerprint density at radius 3 is 2.88 bits per heavy atom. The molecule has 1 unspecified atom stereocenters. The van der Waals surface area contributed by atoms with E-state index in [-0.39, 0.29) is 0 Å². The van der Waals surface area contributed by atoms with Gasteiger partial charge in [0.25, 0.3) is 0 Å². The molecule has 1 saturated heterocycles. The highest BCUT2D eigenvalue weighted by atomic mass is 32.2. The molecule has 0 aliphatic carbocycles. The average molecular weight is 167 g/mol. The minimum atomic E-state index is 0.301. The topological polar surface area (TPSA) is 12.4 Å². The van der Waals surface area contributed by atoms with Gasteiger partial charge in [0.1, 0.15) is 0 Å². The minimum Gasteiger partial charge on any atom is -0.198 e. The summed E-state index contributed by atoms with van der Waals surface area (Å²) in [5, 5.41) is 1.21. The fourth-order valence-corrected chi connectivity index (χ4v) is 4.27. The van der Waals surface area contributed by atoms with E-state index >= 15 is 0 Å². The molecule has 0 radical (unpaired) electrons. The van der Waals surface area contributed by atoms with E-state index in [0.29, 0.717) is 10.7 Å². The zero-order valence-corrected chi connectivity index (χ0v) is 7.07. The lowest BCUT2D eigenvalue weighted by Crippen LogP contribution is -2.06. The Labute approximate surface area is 62.3 Å². The smallest absolute Gasteiger partial charge is 0.0509 e. The summed E-state index contributed by atoms with van der Waals surface area (Å²) >= 11 is 5.88. The first-order valence-corrected chi connectivity index (χ1v) is 5.61. The predicted molar refractivity (Wildman–Crippen MR) is 45.6 cm³/mol. The second-order valence-corrected chi connectivity index (χ2v) is 5.37. The molecule has 4 heteroatoms. The monoisotopic (exact) mass is 167 g/mol. The molecule has 0 aromatic heterocycles. The van der Waals surface area contributed by atoms with E-state index in [2.05, 4.69) is 16.6 Å². The molecule has 0 bridgehead atoms. The van der Waals surface area contributed by atoms with Crippen LogP contribution in [0.5, 0.6) is 0 Å². The average Bonchev–Trinajstić information content (AvgIpc) is 1.90.